The van der Waals surface area contributed by atoms with Crippen molar-refractivity contribution >= 4 is 11.6 Å². The quantitative estimate of drug-likeness (QED) is 0.902. The first-order valence-electron chi connectivity index (χ1n) is 8.03. The van der Waals surface area contributed by atoms with Crippen molar-refractivity contribution in [1.82, 2.24) is 0 Å². The molecule has 0 unspecified atom stereocenters. The lowest BCUT2D eigenvalue weighted by molar-refractivity contribution is -0.119. The average molecular weight is 288 g/mol. The molecule has 1 aromatic carbocycles. The van der Waals surface area contributed by atoms with Crippen LogP contribution in [0.1, 0.15) is 50.7 Å². The third kappa shape index (κ3) is 3.85. The summed E-state index contributed by atoms with van der Waals surface area (Å²) in [5.74, 6) is 0.260. The van der Waals surface area contributed by atoms with Crippen LogP contribution in [0.3, 0.4) is 0 Å². The molecule has 1 heterocycles. The van der Waals surface area contributed by atoms with Crippen molar-refractivity contribution in [2.24, 2.45) is 11.1 Å². The van der Waals surface area contributed by atoms with Gasteiger partial charge in [0.25, 0.3) is 0 Å². The number of amides is 1. The molecule has 1 aliphatic rings. The highest BCUT2D eigenvalue weighted by molar-refractivity contribution is 5.95. The maximum absolute atomic E-state index is 12.7. The number of hydrogen-bond donors (Lipinski definition) is 1. The zero-order valence-electron chi connectivity index (χ0n) is 13.6. The van der Waals surface area contributed by atoms with E-state index in [4.69, 9.17) is 5.73 Å². The first-order chi connectivity index (χ1) is 9.94. The van der Waals surface area contributed by atoms with Gasteiger partial charge in [0, 0.05) is 18.7 Å². The molecular weight excluding hydrogens is 260 g/mol. The number of nitrogens with two attached hydrogens (primary N) is 1. The molecule has 2 rings (SSSR count). The van der Waals surface area contributed by atoms with Gasteiger partial charge in [-0.3, -0.25) is 4.79 Å². The van der Waals surface area contributed by atoms with Gasteiger partial charge in [0.1, 0.15) is 0 Å². The van der Waals surface area contributed by atoms with Crippen LogP contribution in [0.2, 0.25) is 0 Å². The van der Waals surface area contributed by atoms with Crippen LogP contribution in [0, 0.1) is 12.3 Å². The molecule has 0 atom stereocenters. The molecule has 1 aromatic rings. The Morgan fingerprint density at radius 2 is 2.10 bits per heavy atom. The van der Waals surface area contributed by atoms with Gasteiger partial charge in [-0.05, 0) is 55.7 Å². The molecule has 0 spiro atoms. The molecule has 2 N–H and O–H groups in total. The number of fused-ring (bicyclic) bond motifs is 1. The predicted molar refractivity (Wildman–Crippen MR) is 88.5 cm³/mol. The van der Waals surface area contributed by atoms with Gasteiger partial charge in [0.05, 0.1) is 0 Å². The van der Waals surface area contributed by atoms with Gasteiger partial charge in [0.2, 0.25) is 5.91 Å². The summed E-state index contributed by atoms with van der Waals surface area (Å²) in [6, 6.07) is 6.34. The minimum absolute atomic E-state index is 0.148. The number of carbonyl (C=O) groups excluding carboxylic acids is 1. The molecule has 0 aromatic heterocycles. The second-order valence-electron chi connectivity index (χ2n) is 6.93. The topological polar surface area (TPSA) is 46.3 Å². The Bertz CT molecular complexity index is 508. The minimum atomic E-state index is 0.148. The van der Waals surface area contributed by atoms with Crippen LogP contribution in [0.5, 0.6) is 0 Å². The lowest BCUT2D eigenvalue weighted by Gasteiger charge is -2.32. The molecule has 0 saturated carbocycles. The highest BCUT2D eigenvalue weighted by Crippen LogP contribution is 2.32. The molecule has 3 nitrogen and oxygen atoms in total. The molecule has 1 aliphatic heterocycles. The zero-order chi connectivity index (χ0) is 15.5. The fourth-order valence-corrected chi connectivity index (χ4v) is 3.19. The predicted octanol–water partition coefficient (Wildman–Crippen LogP) is 3.43. The smallest absolute Gasteiger partial charge is 0.227 e. The Morgan fingerprint density at radius 3 is 2.81 bits per heavy atom. The maximum atomic E-state index is 12.7. The summed E-state index contributed by atoms with van der Waals surface area (Å²) >= 11 is 0. The van der Waals surface area contributed by atoms with Gasteiger partial charge in [-0.2, -0.15) is 0 Å². The van der Waals surface area contributed by atoms with Crippen molar-refractivity contribution in [3.8, 4) is 0 Å². The number of anilines is 1. The highest BCUT2D eigenvalue weighted by atomic mass is 16.2. The Kier molecular flexibility index (Phi) is 5.04. The lowest BCUT2D eigenvalue weighted by Crippen LogP contribution is -2.36. The SMILES string of the molecule is Cc1cccc2c1N(C(=O)CCC(C)(C)CCN)CCC2. The van der Waals surface area contributed by atoms with E-state index in [0.717, 1.165) is 37.9 Å². The Morgan fingerprint density at radius 1 is 1.33 bits per heavy atom. The molecule has 1 amide bonds. The van der Waals surface area contributed by atoms with E-state index >= 15 is 0 Å². The molecule has 0 fully saturated rings. The largest absolute Gasteiger partial charge is 0.330 e. The highest BCUT2D eigenvalue weighted by Gasteiger charge is 2.26. The fraction of sp³-hybridized carbons (Fsp3) is 0.611. The van der Waals surface area contributed by atoms with Crippen LogP contribution in [-0.4, -0.2) is 19.0 Å². The van der Waals surface area contributed by atoms with Gasteiger partial charge in [-0.25, -0.2) is 0 Å². The monoisotopic (exact) mass is 288 g/mol. The van der Waals surface area contributed by atoms with E-state index in [1.807, 2.05) is 4.90 Å². The van der Waals surface area contributed by atoms with Gasteiger partial charge in [0.15, 0.2) is 0 Å². The Balaban J connectivity index is 2.08. The number of hydrogen-bond acceptors (Lipinski definition) is 2. The minimum Gasteiger partial charge on any atom is -0.330 e. The number of aryl methyl sites for hydroxylation is 2. The normalized spacial score (nSPS) is 15.0. The summed E-state index contributed by atoms with van der Waals surface area (Å²) in [7, 11) is 0. The van der Waals surface area contributed by atoms with Crippen molar-refractivity contribution in [2.75, 3.05) is 18.0 Å². The Hall–Kier alpha value is -1.35. The number of benzene rings is 1. The average Bonchev–Trinajstić information content (AvgIpc) is 2.44. The van der Waals surface area contributed by atoms with Crippen LogP contribution < -0.4 is 10.6 Å². The van der Waals surface area contributed by atoms with Crippen LogP contribution in [0.4, 0.5) is 5.69 Å². The molecule has 116 valence electrons. The van der Waals surface area contributed by atoms with Gasteiger partial charge in [-0.15, -0.1) is 0 Å². The first-order valence-corrected chi connectivity index (χ1v) is 8.03. The van der Waals surface area contributed by atoms with Gasteiger partial charge < -0.3 is 10.6 Å². The molecule has 21 heavy (non-hydrogen) atoms. The maximum Gasteiger partial charge on any atom is 0.227 e. The van der Waals surface area contributed by atoms with Gasteiger partial charge in [-0.1, -0.05) is 32.0 Å². The van der Waals surface area contributed by atoms with Gasteiger partial charge >= 0.3 is 0 Å². The van der Waals surface area contributed by atoms with E-state index in [9.17, 15) is 4.79 Å². The second-order valence-corrected chi connectivity index (χ2v) is 6.93. The van der Waals surface area contributed by atoms with E-state index in [2.05, 4.69) is 39.0 Å². The van der Waals surface area contributed by atoms with E-state index in [-0.39, 0.29) is 11.3 Å². The molecule has 3 heteroatoms. The van der Waals surface area contributed by atoms with Crippen molar-refractivity contribution in [1.29, 1.82) is 0 Å². The fourth-order valence-electron chi connectivity index (χ4n) is 3.19. The molecule has 0 radical (unpaired) electrons. The zero-order valence-corrected chi connectivity index (χ0v) is 13.6. The number of nitrogens with zero attached hydrogens (tertiary/aromatic N) is 1. The second kappa shape index (κ2) is 6.61. The standard InChI is InChI=1S/C18H28N2O/c1-14-6-4-7-15-8-5-13-20(17(14)15)16(21)9-10-18(2,3)11-12-19/h4,6-7H,5,8-13,19H2,1-3H3. The summed E-state index contributed by atoms with van der Waals surface area (Å²) < 4.78 is 0. The summed E-state index contributed by atoms with van der Waals surface area (Å²) in [6.45, 7) is 8.04. The van der Waals surface area contributed by atoms with Crippen molar-refractivity contribution < 1.29 is 4.79 Å². The molecule has 0 saturated heterocycles. The lowest BCUT2D eigenvalue weighted by atomic mass is 9.84. The number of carbonyl (C=O) groups is 1. The molecule has 0 aliphatic carbocycles. The molecule has 0 bridgehead atoms. The number of para-hydroxylation sites is 1. The van der Waals surface area contributed by atoms with Crippen molar-refractivity contribution in [2.45, 2.75) is 52.9 Å². The van der Waals surface area contributed by atoms with Crippen molar-refractivity contribution in [3.63, 3.8) is 0 Å². The van der Waals surface area contributed by atoms with Crippen LogP contribution in [0.25, 0.3) is 0 Å². The van der Waals surface area contributed by atoms with Crippen LogP contribution in [-0.2, 0) is 11.2 Å². The molecular formula is C18H28N2O. The first kappa shape index (κ1) is 16.0. The van der Waals surface area contributed by atoms with E-state index in [0.29, 0.717) is 13.0 Å². The summed E-state index contributed by atoms with van der Waals surface area (Å²) in [5, 5.41) is 0. The van der Waals surface area contributed by atoms with Crippen LogP contribution in [0.15, 0.2) is 18.2 Å². The van der Waals surface area contributed by atoms with Crippen LogP contribution >= 0.6 is 0 Å². The van der Waals surface area contributed by atoms with E-state index in [1.54, 1.807) is 0 Å². The van der Waals surface area contributed by atoms with E-state index < -0.39 is 0 Å². The third-order valence-electron chi connectivity index (χ3n) is 4.56. The summed E-state index contributed by atoms with van der Waals surface area (Å²) in [6.07, 6.45) is 4.63. The summed E-state index contributed by atoms with van der Waals surface area (Å²) in [4.78, 5) is 14.7. The summed E-state index contributed by atoms with van der Waals surface area (Å²) in [5.41, 5.74) is 9.48. The number of rotatable bonds is 5. The Labute approximate surface area is 128 Å². The third-order valence-corrected chi connectivity index (χ3v) is 4.56. The van der Waals surface area contributed by atoms with Crippen molar-refractivity contribution in [3.05, 3.63) is 29.3 Å². The van der Waals surface area contributed by atoms with E-state index in [1.165, 1.54) is 11.1 Å².